The zero-order chi connectivity index (χ0) is 21.0. The maximum atomic E-state index is 12.7. The van der Waals surface area contributed by atoms with Crippen LogP contribution in [0.15, 0.2) is 58.9 Å². The van der Waals surface area contributed by atoms with Crippen LogP contribution in [-0.2, 0) is 4.79 Å². The van der Waals surface area contributed by atoms with Crippen LogP contribution in [0.25, 0.3) is 10.2 Å². The number of nitrogens with one attached hydrogen (secondary N) is 1. The number of fused-ring (bicyclic) bond motifs is 1. The fraction of sp³-hybridized carbons (Fsp3) is 0.273. The van der Waals surface area contributed by atoms with E-state index in [1.54, 1.807) is 11.3 Å². The van der Waals surface area contributed by atoms with Crippen LogP contribution in [0.4, 0.5) is 10.8 Å². The Balaban J connectivity index is 1.11. The van der Waals surface area contributed by atoms with Crippen LogP contribution in [0.3, 0.4) is 0 Å². The van der Waals surface area contributed by atoms with Gasteiger partial charge in [0.25, 0.3) is 0 Å². The van der Waals surface area contributed by atoms with Crippen LogP contribution < -0.4 is 5.32 Å². The molecule has 2 aromatic heterocycles. The van der Waals surface area contributed by atoms with Crippen molar-refractivity contribution in [1.29, 1.82) is 0 Å². The summed E-state index contributed by atoms with van der Waals surface area (Å²) in [6, 6.07) is 18.2. The normalized spacial score (nSPS) is 14.8. The minimum Gasteiger partial charge on any atom is -0.342 e. The average Bonchev–Trinajstić information content (AvgIpc) is 3.45. The fourth-order valence-corrected chi connectivity index (χ4v) is 6.43. The summed E-state index contributed by atoms with van der Waals surface area (Å²) in [6.45, 7) is 1.58. The lowest BCUT2D eigenvalue weighted by atomic mass is 9.97. The molecule has 0 atom stereocenters. The molecule has 9 heteroatoms. The third-order valence-electron chi connectivity index (χ3n) is 5.26. The highest BCUT2D eigenvalue weighted by atomic mass is 32.2. The smallest absolute Gasteiger partial charge is 0.233 e. The number of nitrogens with zero attached hydrogens (tertiary/aromatic N) is 4. The molecule has 5 rings (SSSR count). The van der Waals surface area contributed by atoms with Gasteiger partial charge in [-0.15, -0.1) is 21.5 Å². The first kappa shape index (κ1) is 20.4. The molecule has 0 unspecified atom stereocenters. The van der Waals surface area contributed by atoms with Crippen molar-refractivity contribution in [3.05, 3.63) is 59.6 Å². The quantitative estimate of drug-likeness (QED) is 0.383. The molecule has 0 spiro atoms. The number of hydrogen-bond acceptors (Lipinski definition) is 8. The van der Waals surface area contributed by atoms with E-state index in [1.165, 1.54) is 32.8 Å². The molecular formula is C22H21N5OS3. The van der Waals surface area contributed by atoms with E-state index >= 15 is 0 Å². The van der Waals surface area contributed by atoms with Crippen LogP contribution in [0, 0.1) is 0 Å². The van der Waals surface area contributed by atoms with Crippen molar-refractivity contribution in [2.75, 3.05) is 24.2 Å². The third kappa shape index (κ3) is 4.89. The number of piperidine rings is 1. The molecule has 1 aliphatic rings. The Morgan fingerprint density at radius 3 is 2.61 bits per heavy atom. The first-order valence-corrected chi connectivity index (χ1v) is 12.8. The molecule has 4 aromatic rings. The van der Waals surface area contributed by atoms with Crippen molar-refractivity contribution in [3.8, 4) is 0 Å². The third-order valence-corrected chi connectivity index (χ3v) is 8.41. The molecule has 1 amide bonds. The topological polar surface area (TPSA) is 71.0 Å². The van der Waals surface area contributed by atoms with Crippen LogP contribution in [-0.4, -0.2) is 44.8 Å². The summed E-state index contributed by atoms with van der Waals surface area (Å²) in [6.07, 6.45) is 1.94. The van der Waals surface area contributed by atoms with E-state index in [-0.39, 0.29) is 5.91 Å². The molecule has 0 bridgehead atoms. The largest absolute Gasteiger partial charge is 0.342 e. The maximum Gasteiger partial charge on any atom is 0.233 e. The average molecular weight is 468 g/mol. The van der Waals surface area contributed by atoms with E-state index in [0.29, 0.717) is 11.7 Å². The van der Waals surface area contributed by atoms with Gasteiger partial charge in [0.15, 0.2) is 4.34 Å². The van der Waals surface area contributed by atoms with Crippen molar-refractivity contribution in [2.24, 2.45) is 0 Å². The van der Waals surface area contributed by atoms with E-state index in [1.807, 2.05) is 41.3 Å². The van der Waals surface area contributed by atoms with Crippen LogP contribution >= 0.6 is 34.4 Å². The van der Waals surface area contributed by atoms with Gasteiger partial charge in [-0.25, -0.2) is 4.98 Å². The number of amides is 1. The zero-order valence-corrected chi connectivity index (χ0v) is 19.2. The minimum atomic E-state index is 0.167. The Morgan fingerprint density at radius 2 is 1.81 bits per heavy atom. The summed E-state index contributed by atoms with van der Waals surface area (Å²) < 4.78 is 2.04. The van der Waals surface area contributed by atoms with Crippen LogP contribution in [0.5, 0.6) is 0 Å². The fourth-order valence-electron chi connectivity index (χ4n) is 3.62. The van der Waals surface area contributed by atoms with Gasteiger partial charge in [-0.1, -0.05) is 53.4 Å². The highest BCUT2D eigenvalue weighted by molar-refractivity contribution is 8.01. The lowest BCUT2D eigenvalue weighted by molar-refractivity contribution is -0.129. The van der Waals surface area contributed by atoms with Crippen molar-refractivity contribution < 1.29 is 4.79 Å². The number of carbonyl (C=O) groups excluding carboxylic acids is 1. The summed E-state index contributed by atoms with van der Waals surface area (Å²) in [7, 11) is 0. The van der Waals surface area contributed by atoms with Crippen molar-refractivity contribution >= 4 is 61.4 Å². The number of thioether (sulfide) groups is 1. The van der Waals surface area contributed by atoms with Gasteiger partial charge in [-0.2, -0.15) is 0 Å². The van der Waals surface area contributed by atoms with Gasteiger partial charge in [0.2, 0.25) is 11.0 Å². The second kappa shape index (κ2) is 9.33. The molecule has 1 N–H and O–H groups in total. The van der Waals surface area contributed by atoms with Gasteiger partial charge in [-0.3, -0.25) is 4.79 Å². The Kier molecular flexibility index (Phi) is 6.15. The summed E-state index contributed by atoms with van der Waals surface area (Å²) in [5, 5.41) is 13.5. The Morgan fingerprint density at radius 1 is 1.03 bits per heavy atom. The molecule has 0 radical (unpaired) electrons. The highest BCUT2D eigenvalue weighted by Crippen LogP contribution is 2.34. The van der Waals surface area contributed by atoms with Crippen LogP contribution in [0.1, 0.15) is 23.8 Å². The molecule has 0 saturated carbocycles. The molecule has 31 heavy (non-hydrogen) atoms. The van der Waals surface area contributed by atoms with Crippen LogP contribution in [0.2, 0.25) is 0 Å². The Bertz CT molecular complexity index is 1140. The number of hydrogen-bond donors (Lipinski definition) is 1. The van der Waals surface area contributed by atoms with Gasteiger partial charge < -0.3 is 10.2 Å². The molecule has 1 aliphatic heterocycles. The molecule has 2 aromatic carbocycles. The summed E-state index contributed by atoms with van der Waals surface area (Å²) in [5.41, 5.74) is 2.05. The highest BCUT2D eigenvalue weighted by Gasteiger charge is 2.26. The van der Waals surface area contributed by atoms with E-state index in [0.717, 1.165) is 46.6 Å². The number of likely N-dealkylation sites (tertiary alicyclic amines) is 1. The monoisotopic (exact) mass is 467 g/mol. The lowest BCUT2D eigenvalue weighted by Crippen LogP contribution is -2.38. The number of carbonyl (C=O) groups is 1. The standard InChI is InChI=1S/C22H21N5OS3/c28-19(14-29-22-26-25-21(31-22)23-16-6-2-1-3-7-16)27-12-10-15(11-13-27)20-24-17-8-4-5-9-18(17)30-20/h1-9,15H,10-14H2,(H,23,25). The molecule has 3 heterocycles. The van der Waals surface area contributed by atoms with Crippen molar-refractivity contribution in [1.82, 2.24) is 20.1 Å². The van der Waals surface area contributed by atoms with E-state index in [9.17, 15) is 4.79 Å². The summed E-state index contributed by atoms with van der Waals surface area (Å²) in [5.74, 6) is 1.01. The lowest BCUT2D eigenvalue weighted by Gasteiger charge is -2.31. The predicted molar refractivity (Wildman–Crippen MR) is 129 cm³/mol. The Hall–Kier alpha value is -2.49. The van der Waals surface area contributed by atoms with E-state index in [4.69, 9.17) is 4.98 Å². The first-order valence-electron chi connectivity index (χ1n) is 10.2. The number of thiazole rings is 1. The van der Waals surface area contributed by atoms with Gasteiger partial charge >= 0.3 is 0 Å². The van der Waals surface area contributed by atoms with Crippen molar-refractivity contribution in [3.63, 3.8) is 0 Å². The number of rotatable bonds is 6. The second-order valence-corrected chi connectivity index (χ2v) is 10.6. The molecule has 1 fully saturated rings. The molecular weight excluding hydrogens is 446 g/mol. The second-order valence-electron chi connectivity index (χ2n) is 7.33. The van der Waals surface area contributed by atoms with Crippen molar-refractivity contribution in [2.45, 2.75) is 23.1 Å². The molecule has 0 aliphatic carbocycles. The number of anilines is 2. The molecule has 1 saturated heterocycles. The number of benzene rings is 2. The van der Waals surface area contributed by atoms with Gasteiger partial charge in [0, 0.05) is 24.7 Å². The number of para-hydroxylation sites is 2. The zero-order valence-electron chi connectivity index (χ0n) is 16.7. The van der Waals surface area contributed by atoms with Gasteiger partial charge in [0.1, 0.15) is 0 Å². The predicted octanol–water partition coefficient (Wildman–Crippen LogP) is 5.39. The molecule has 158 valence electrons. The Labute approximate surface area is 192 Å². The number of aromatic nitrogens is 3. The maximum absolute atomic E-state index is 12.7. The first-order chi connectivity index (χ1) is 15.2. The SMILES string of the molecule is O=C(CSc1nnc(Nc2ccccc2)s1)N1CCC(c2nc3ccccc3s2)CC1. The van der Waals surface area contributed by atoms with Gasteiger partial charge in [-0.05, 0) is 37.1 Å². The summed E-state index contributed by atoms with van der Waals surface area (Å²) >= 11 is 4.71. The minimum absolute atomic E-state index is 0.167. The summed E-state index contributed by atoms with van der Waals surface area (Å²) in [4.78, 5) is 19.5. The van der Waals surface area contributed by atoms with Gasteiger partial charge in [0.05, 0.1) is 21.0 Å². The van der Waals surface area contributed by atoms with E-state index in [2.05, 4.69) is 33.7 Å². The van der Waals surface area contributed by atoms with E-state index < -0.39 is 0 Å². The molecule has 6 nitrogen and oxygen atoms in total.